The molecule has 0 aromatic rings. The summed E-state index contributed by atoms with van der Waals surface area (Å²) in [4.78, 5) is 19.6. The summed E-state index contributed by atoms with van der Waals surface area (Å²) in [7, 11) is 0. The molecular weight excluding hydrogens is 228 g/mol. The largest absolute Gasteiger partial charge is 0.295 e. The van der Waals surface area contributed by atoms with Crippen LogP contribution in [0.15, 0.2) is 0 Å². The standard InChI is InChI=1S/C3H2Br2O2/c4-3(5)2(7)1-6/h1,3H. The number of carbonyl (C=O) groups is 2. The zero-order chi connectivity index (χ0) is 5.86. The first kappa shape index (κ1) is 7.30. The van der Waals surface area contributed by atoms with Crippen molar-refractivity contribution in [3.05, 3.63) is 0 Å². The van der Waals surface area contributed by atoms with Crippen LogP contribution in [0.4, 0.5) is 0 Å². The Morgan fingerprint density at radius 2 is 2.00 bits per heavy atom. The van der Waals surface area contributed by atoms with Gasteiger partial charge in [0.05, 0.1) is 0 Å². The molecule has 7 heavy (non-hydrogen) atoms. The van der Waals surface area contributed by atoms with E-state index in [4.69, 9.17) is 0 Å². The lowest BCUT2D eigenvalue weighted by atomic mass is 10.5. The van der Waals surface area contributed by atoms with Crippen LogP contribution in [0.2, 0.25) is 0 Å². The zero-order valence-corrected chi connectivity index (χ0v) is 6.40. The molecule has 0 aliphatic rings. The van der Waals surface area contributed by atoms with Crippen molar-refractivity contribution >= 4 is 43.9 Å². The van der Waals surface area contributed by atoms with Gasteiger partial charge in [0.25, 0.3) is 0 Å². The molecule has 0 amide bonds. The van der Waals surface area contributed by atoms with E-state index in [1.807, 2.05) is 0 Å². The number of rotatable bonds is 2. The van der Waals surface area contributed by atoms with Crippen LogP contribution in [0.3, 0.4) is 0 Å². The van der Waals surface area contributed by atoms with E-state index in [1.54, 1.807) is 0 Å². The van der Waals surface area contributed by atoms with E-state index < -0.39 is 9.52 Å². The van der Waals surface area contributed by atoms with Crippen LogP contribution in [0.5, 0.6) is 0 Å². The second-order valence-corrected chi connectivity index (χ2v) is 3.88. The van der Waals surface area contributed by atoms with Crippen LogP contribution in [0.1, 0.15) is 0 Å². The maximum absolute atomic E-state index is 10.0. The van der Waals surface area contributed by atoms with Gasteiger partial charge in [0.15, 0.2) is 6.29 Å². The second kappa shape index (κ2) is 3.32. The molecule has 0 aliphatic heterocycles. The number of ketones is 1. The molecule has 0 fully saturated rings. The first-order valence-corrected chi connectivity index (χ1v) is 3.28. The average molecular weight is 230 g/mol. The Balaban J connectivity index is 3.56. The number of hydrogen-bond donors (Lipinski definition) is 0. The van der Waals surface area contributed by atoms with Gasteiger partial charge >= 0.3 is 0 Å². The highest BCUT2D eigenvalue weighted by molar-refractivity contribution is 9.25. The molecule has 0 saturated heterocycles. The van der Waals surface area contributed by atoms with E-state index in [2.05, 4.69) is 31.9 Å². The number of hydrogen-bond acceptors (Lipinski definition) is 2. The van der Waals surface area contributed by atoms with Crippen molar-refractivity contribution < 1.29 is 9.59 Å². The fraction of sp³-hybridized carbons (Fsp3) is 0.333. The molecule has 0 spiro atoms. The number of alkyl halides is 2. The molecule has 0 aliphatic carbocycles. The third-order valence-electron chi connectivity index (χ3n) is 0.331. The number of carbonyl (C=O) groups excluding carboxylic acids is 2. The third kappa shape index (κ3) is 2.93. The van der Waals surface area contributed by atoms with E-state index in [-0.39, 0.29) is 6.29 Å². The molecule has 4 heteroatoms. The minimum atomic E-state index is -0.516. The van der Waals surface area contributed by atoms with Crippen molar-refractivity contribution in [2.24, 2.45) is 0 Å². The van der Waals surface area contributed by atoms with Crippen LogP contribution >= 0.6 is 31.9 Å². The molecule has 0 heterocycles. The van der Waals surface area contributed by atoms with Crippen LogP contribution in [0, 0.1) is 0 Å². The molecule has 0 rings (SSSR count). The van der Waals surface area contributed by atoms with Crippen molar-refractivity contribution in [1.29, 1.82) is 0 Å². The molecule has 0 aromatic carbocycles. The van der Waals surface area contributed by atoms with Gasteiger partial charge < -0.3 is 0 Å². The van der Waals surface area contributed by atoms with E-state index in [9.17, 15) is 9.59 Å². The summed E-state index contributed by atoms with van der Waals surface area (Å²) >= 11 is 5.67. The predicted octanol–water partition coefficient (Wildman–Crippen LogP) is 0.870. The van der Waals surface area contributed by atoms with Crippen molar-refractivity contribution in [2.75, 3.05) is 0 Å². The first-order chi connectivity index (χ1) is 3.18. The van der Waals surface area contributed by atoms with Gasteiger partial charge in [-0.2, -0.15) is 0 Å². The van der Waals surface area contributed by atoms with Gasteiger partial charge in [0.1, 0.15) is 3.74 Å². The summed E-state index contributed by atoms with van der Waals surface area (Å²) < 4.78 is -0.516. The van der Waals surface area contributed by atoms with Crippen LogP contribution < -0.4 is 0 Å². The van der Waals surface area contributed by atoms with E-state index >= 15 is 0 Å². The molecule has 0 saturated carbocycles. The molecule has 0 aromatic heterocycles. The summed E-state index contributed by atoms with van der Waals surface area (Å²) in [6.07, 6.45) is 0.258. The van der Waals surface area contributed by atoms with Gasteiger partial charge in [0, 0.05) is 0 Å². The monoisotopic (exact) mass is 228 g/mol. The third-order valence-corrected chi connectivity index (χ3v) is 1.23. The van der Waals surface area contributed by atoms with Gasteiger partial charge in [-0.1, -0.05) is 31.9 Å². The normalized spacial score (nSPS) is 9.00. The minimum Gasteiger partial charge on any atom is -0.295 e. The van der Waals surface area contributed by atoms with Crippen molar-refractivity contribution in [3.63, 3.8) is 0 Å². The lowest BCUT2D eigenvalue weighted by molar-refractivity contribution is -0.128. The van der Waals surface area contributed by atoms with Crippen LogP contribution in [-0.4, -0.2) is 15.8 Å². The van der Waals surface area contributed by atoms with Crippen LogP contribution in [-0.2, 0) is 9.59 Å². The maximum atomic E-state index is 10.0. The Morgan fingerprint density at radius 3 is 2.00 bits per heavy atom. The van der Waals surface area contributed by atoms with Crippen molar-refractivity contribution in [2.45, 2.75) is 3.74 Å². The Bertz CT molecular complexity index is 88.9. The zero-order valence-electron chi connectivity index (χ0n) is 3.23. The molecule has 0 N–H and O–H groups in total. The summed E-state index contributed by atoms with van der Waals surface area (Å²) in [6, 6.07) is 0. The molecule has 0 bridgehead atoms. The van der Waals surface area contributed by atoms with Crippen LogP contribution in [0.25, 0.3) is 0 Å². The smallest absolute Gasteiger partial charge is 0.219 e. The molecule has 40 valence electrons. The lowest BCUT2D eigenvalue weighted by Gasteiger charge is -1.85. The SMILES string of the molecule is O=CC(=O)C(Br)Br. The second-order valence-electron chi connectivity index (χ2n) is 0.821. The topological polar surface area (TPSA) is 34.1 Å². The Labute approximate surface area is 57.5 Å². The van der Waals surface area contributed by atoms with Crippen molar-refractivity contribution in [3.8, 4) is 0 Å². The lowest BCUT2D eigenvalue weighted by Crippen LogP contribution is -2.06. The number of aldehydes is 1. The van der Waals surface area contributed by atoms with Gasteiger partial charge in [-0.15, -0.1) is 0 Å². The molecular formula is C3H2Br2O2. The van der Waals surface area contributed by atoms with E-state index in [0.29, 0.717) is 0 Å². The highest BCUT2D eigenvalue weighted by Crippen LogP contribution is 2.06. The molecule has 0 atom stereocenters. The summed E-state index contributed by atoms with van der Waals surface area (Å²) in [6.45, 7) is 0. The van der Waals surface area contributed by atoms with Gasteiger partial charge in [-0.25, -0.2) is 0 Å². The summed E-state index contributed by atoms with van der Waals surface area (Å²) in [5, 5.41) is 0. The predicted molar refractivity (Wildman–Crippen MR) is 32.7 cm³/mol. The summed E-state index contributed by atoms with van der Waals surface area (Å²) in [5.41, 5.74) is 0. The van der Waals surface area contributed by atoms with E-state index in [0.717, 1.165) is 0 Å². The highest BCUT2D eigenvalue weighted by atomic mass is 79.9. The maximum Gasteiger partial charge on any atom is 0.219 e. The Hall–Kier alpha value is 0.300. The Kier molecular flexibility index (Phi) is 3.46. The fourth-order valence-corrected chi connectivity index (χ4v) is 0.267. The molecule has 2 nitrogen and oxygen atoms in total. The Morgan fingerprint density at radius 1 is 1.57 bits per heavy atom. The number of Topliss-reactive ketones (excluding diaryl/α,β-unsaturated/α-hetero) is 1. The fourth-order valence-electron chi connectivity index (χ4n) is 0.0514. The summed E-state index contributed by atoms with van der Waals surface area (Å²) in [5.74, 6) is -0.500. The quantitative estimate of drug-likeness (QED) is 0.400. The van der Waals surface area contributed by atoms with Gasteiger partial charge in [0.2, 0.25) is 5.78 Å². The van der Waals surface area contributed by atoms with Gasteiger partial charge in [-0.3, -0.25) is 9.59 Å². The van der Waals surface area contributed by atoms with Crippen molar-refractivity contribution in [1.82, 2.24) is 0 Å². The number of halogens is 2. The minimum absolute atomic E-state index is 0.258. The van der Waals surface area contributed by atoms with E-state index in [1.165, 1.54) is 0 Å². The molecule has 0 radical (unpaired) electrons. The first-order valence-electron chi connectivity index (χ1n) is 1.45. The highest BCUT2D eigenvalue weighted by Gasteiger charge is 2.06. The average Bonchev–Trinajstić information content (AvgIpc) is 1.65. The molecule has 0 unspecified atom stereocenters. The van der Waals surface area contributed by atoms with Gasteiger partial charge in [-0.05, 0) is 0 Å².